The molecule has 15 heteroatoms. The highest BCUT2D eigenvalue weighted by atomic mass is 32.1. The highest BCUT2D eigenvalue weighted by Gasteiger charge is 2.27. The van der Waals surface area contributed by atoms with E-state index in [2.05, 4.69) is 122 Å². The van der Waals surface area contributed by atoms with Crippen molar-refractivity contribution in [2.45, 2.75) is 52.4 Å². The number of hydrogen-bond donors (Lipinski definition) is 0. The van der Waals surface area contributed by atoms with E-state index in [1.54, 1.807) is 48.5 Å². The summed E-state index contributed by atoms with van der Waals surface area (Å²) in [6.45, 7) is 13.0. The normalized spacial score (nSPS) is 12.6. The standard InChI is InChI=1S/C23H27N5O2S.C22H25N5OS/c1-23(2,3)20-15(13-14-11-12-18(31-14)27(4)5)21-24-25-22(28(21)26-20)19-16(29-6)9-8-10-17(19)30-7;1-22(2,3)19-16(13-14-11-12-18(29-14)26(4)5)21-24-23-20(27(21)25-19)15-9-7-8-10-17(15)28-6/h8-13H,1-7H3;7-13H,1-6H3/b15-13-;16-13-. The largest absolute Gasteiger partial charge is 0.496 e. The topological polar surface area (TPSA) is 120 Å². The third-order valence-electron chi connectivity index (χ3n) is 9.77. The maximum Gasteiger partial charge on any atom is 0.192 e. The Bertz CT molecular complexity index is 2870. The van der Waals surface area contributed by atoms with Gasteiger partial charge < -0.3 is 24.0 Å². The first kappa shape index (κ1) is 42.1. The van der Waals surface area contributed by atoms with E-state index in [-0.39, 0.29) is 10.8 Å². The van der Waals surface area contributed by atoms with Gasteiger partial charge in [0.2, 0.25) is 0 Å². The minimum atomic E-state index is -0.170. The van der Waals surface area contributed by atoms with E-state index in [4.69, 9.17) is 24.4 Å². The van der Waals surface area contributed by atoms with Gasteiger partial charge in [-0.05, 0) is 60.7 Å². The molecule has 0 saturated heterocycles. The van der Waals surface area contributed by atoms with Crippen molar-refractivity contribution < 1.29 is 14.2 Å². The van der Waals surface area contributed by atoms with E-state index in [0.29, 0.717) is 28.8 Å². The number of thiophene rings is 2. The fourth-order valence-electron chi connectivity index (χ4n) is 6.81. The first-order valence-electron chi connectivity index (χ1n) is 19.5. The Morgan fingerprint density at radius 1 is 0.533 bits per heavy atom. The molecule has 0 amide bonds. The second-order valence-corrected chi connectivity index (χ2v) is 18.9. The second kappa shape index (κ2) is 16.5. The Kier molecular flexibility index (Phi) is 11.6. The van der Waals surface area contributed by atoms with E-state index in [9.17, 15) is 0 Å². The van der Waals surface area contributed by atoms with Crippen LogP contribution in [0.15, 0.2) is 66.7 Å². The lowest BCUT2D eigenvalue weighted by molar-refractivity contribution is 0.396. The molecule has 0 aliphatic heterocycles. The Hall–Kier alpha value is -6.06. The fraction of sp³-hybridized carbons (Fsp3) is 0.333. The summed E-state index contributed by atoms with van der Waals surface area (Å²) in [7, 11) is 13.1. The van der Waals surface area contributed by atoms with E-state index < -0.39 is 0 Å². The molecule has 2 aromatic carbocycles. The molecule has 6 heterocycles. The average Bonchev–Trinajstić information content (AvgIpc) is 4.06. The SMILES string of the molecule is COc1cccc(OC)c1-c1nnc2/c(=C\c3ccc(N(C)C)s3)c(C(C)(C)C)nn12.COc1ccccc1-c1nnc2/c(=C\c3ccc(N(C)C)s3)c(C(C)(C)C)nn12. The molecular weight excluding hydrogens is 793 g/mol. The summed E-state index contributed by atoms with van der Waals surface area (Å²) in [5.74, 6) is 3.35. The predicted molar refractivity (Wildman–Crippen MR) is 244 cm³/mol. The van der Waals surface area contributed by atoms with Crippen LogP contribution in [0, 0.1) is 0 Å². The lowest BCUT2D eigenvalue weighted by atomic mass is 9.91. The van der Waals surface area contributed by atoms with Gasteiger partial charge in [0.05, 0.1) is 48.3 Å². The zero-order valence-electron chi connectivity index (χ0n) is 36.5. The number of ether oxygens (including phenoxy) is 3. The third-order valence-corrected chi connectivity index (χ3v) is 12.2. The zero-order valence-corrected chi connectivity index (χ0v) is 38.2. The number of methoxy groups -OCH3 is 3. The summed E-state index contributed by atoms with van der Waals surface area (Å²) in [4.78, 5) is 6.52. The van der Waals surface area contributed by atoms with Crippen LogP contribution in [0.5, 0.6) is 17.2 Å². The maximum atomic E-state index is 5.59. The monoisotopic (exact) mass is 844 g/mol. The molecule has 0 radical (unpaired) electrons. The van der Waals surface area contributed by atoms with Gasteiger partial charge >= 0.3 is 0 Å². The number of para-hydroxylation sites is 1. The highest BCUT2D eigenvalue weighted by molar-refractivity contribution is 7.17. The molecule has 0 bridgehead atoms. The van der Waals surface area contributed by atoms with Crippen LogP contribution in [-0.4, -0.2) is 89.1 Å². The number of nitrogens with zero attached hydrogens (tertiary/aromatic N) is 10. The van der Waals surface area contributed by atoms with Crippen LogP contribution < -0.4 is 34.4 Å². The van der Waals surface area contributed by atoms with Gasteiger partial charge in [0, 0.05) is 59.2 Å². The molecule has 0 N–H and O–H groups in total. The molecule has 0 saturated carbocycles. The lowest BCUT2D eigenvalue weighted by Gasteiger charge is -2.15. The molecule has 312 valence electrons. The van der Waals surface area contributed by atoms with Crippen molar-refractivity contribution in [3.63, 3.8) is 0 Å². The van der Waals surface area contributed by atoms with Crippen LogP contribution in [0.1, 0.15) is 62.7 Å². The van der Waals surface area contributed by atoms with Crippen molar-refractivity contribution in [2.24, 2.45) is 0 Å². The third kappa shape index (κ3) is 8.11. The minimum absolute atomic E-state index is 0.133. The molecule has 60 heavy (non-hydrogen) atoms. The molecule has 0 fully saturated rings. The van der Waals surface area contributed by atoms with Crippen molar-refractivity contribution in [3.05, 3.63) is 98.3 Å². The molecule has 0 atom stereocenters. The van der Waals surface area contributed by atoms with Crippen LogP contribution in [-0.2, 0) is 10.8 Å². The summed E-state index contributed by atoms with van der Waals surface area (Å²) in [6.07, 6.45) is 4.32. The number of rotatable bonds is 9. The van der Waals surface area contributed by atoms with Gasteiger partial charge in [0.1, 0.15) is 22.8 Å². The summed E-state index contributed by atoms with van der Waals surface area (Å²) in [6, 6.07) is 22.0. The van der Waals surface area contributed by atoms with Gasteiger partial charge in [-0.15, -0.1) is 43.1 Å². The Labute approximate surface area is 358 Å². The van der Waals surface area contributed by atoms with Crippen molar-refractivity contribution in [3.8, 4) is 40.0 Å². The average molecular weight is 845 g/mol. The molecular formula is C45H52N10O3S2. The quantitative estimate of drug-likeness (QED) is 0.143. The Morgan fingerprint density at radius 2 is 0.967 bits per heavy atom. The van der Waals surface area contributed by atoms with Gasteiger partial charge in [-0.2, -0.15) is 19.2 Å². The first-order valence-corrected chi connectivity index (χ1v) is 21.1. The van der Waals surface area contributed by atoms with Crippen molar-refractivity contribution in [2.75, 3.05) is 59.3 Å². The second-order valence-electron chi connectivity index (χ2n) is 16.7. The molecule has 13 nitrogen and oxygen atoms in total. The smallest absolute Gasteiger partial charge is 0.192 e. The first-order chi connectivity index (χ1) is 28.5. The molecule has 8 aromatic rings. The Morgan fingerprint density at radius 3 is 1.40 bits per heavy atom. The van der Waals surface area contributed by atoms with Crippen molar-refractivity contribution >= 4 is 56.1 Å². The Balaban J connectivity index is 0.000000182. The van der Waals surface area contributed by atoms with Gasteiger partial charge in [-0.25, -0.2) is 0 Å². The number of benzene rings is 2. The van der Waals surface area contributed by atoms with Gasteiger partial charge in [-0.1, -0.05) is 59.7 Å². The van der Waals surface area contributed by atoms with Crippen LogP contribution in [0.25, 0.3) is 46.2 Å². The van der Waals surface area contributed by atoms with E-state index in [0.717, 1.165) is 54.1 Å². The van der Waals surface area contributed by atoms with Crippen molar-refractivity contribution in [1.29, 1.82) is 0 Å². The molecule has 0 aliphatic rings. The molecule has 0 spiro atoms. The van der Waals surface area contributed by atoms with E-state index >= 15 is 0 Å². The molecule has 6 aromatic heterocycles. The summed E-state index contributed by atoms with van der Waals surface area (Å²) in [5, 5.41) is 32.2. The minimum Gasteiger partial charge on any atom is -0.496 e. The maximum absolute atomic E-state index is 5.59. The summed E-state index contributed by atoms with van der Waals surface area (Å²) >= 11 is 3.47. The summed E-state index contributed by atoms with van der Waals surface area (Å²) in [5.41, 5.74) is 4.74. The number of hydrogen-bond acceptors (Lipinski definition) is 13. The zero-order chi connectivity index (χ0) is 43.1. The molecule has 8 rings (SSSR count). The van der Waals surface area contributed by atoms with Crippen LogP contribution in [0.3, 0.4) is 0 Å². The van der Waals surface area contributed by atoms with Crippen LogP contribution >= 0.6 is 22.7 Å². The molecule has 0 unspecified atom stereocenters. The fourth-order valence-corrected chi connectivity index (χ4v) is 8.55. The lowest BCUT2D eigenvalue weighted by Crippen LogP contribution is -2.22. The number of fused-ring (bicyclic) bond motifs is 2. The van der Waals surface area contributed by atoms with Crippen LogP contribution in [0.2, 0.25) is 0 Å². The van der Waals surface area contributed by atoms with E-state index in [1.165, 1.54) is 10.0 Å². The predicted octanol–water partition coefficient (Wildman–Crippen LogP) is 7.55. The highest BCUT2D eigenvalue weighted by Crippen LogP contribution is 2.37. The van der Waals surface area contributed by atoms with Crippen LogP contribution in [0.4, 0.5) is 10.0 Å². The van der Waals surface area contributed by atoms with E-state index in [1.807, 2.05) is 61.1 Å². The molecule has 0 aliphatic carbocycles. The number of anilines is 2. The van der Waals surface area contributed by atoms with Crippen molar-refractivity contribution in [1.82, 2.24) is 39.6 Å². The van der Waals surface area contributed by atoms with Gasteiger partial charge in [0.25, 0.3) is 0 Å². The van der Waals surface area contributed by atoms with Gasteiger partial charge in [-0.3, -0.25) is 0 Å². The number of aromatic nitrogens is 8. The van der Waals surface area contributed by atoms with Gasteiger partial charge in [0.15, 0.2) is 22.9 Å². The summed E-state index contributed by atoms with van der Waals surface area (Å²) < 4.78 is 20.3.